The van der Waals surface area contributed by atoms with Gasteiger partial charge in [0.25, 0.3) is 0 Å². The molecule has 0 atom stereocenters. The van der Waals surface area contributed by atoms with Crippen LogP contribution >= 0.6 is 0 Å². The van der Waals surface area contributed by atoms with Crippen molar-refractivity contribution in [2.24, 2.45) is 7.05 Å². The van der Waals surface area contributed by atoms with Crippen LogP contribution in [0.5, 0.6) is 0 Å². The zero-order chi connectivity index (χ0) is 7.02. The molecule has 0 spiro atoms. The highest BCUT2D eigenvalue weighted by Gasteiger charge is 1.90. The van der Waals surface area contributed by atoms with E-state index in [0.717, 1.165) is 10.6 Å². The molecule has 0 N–H and O–H groups in total. The van der Waals surface area contributed by atoms with E-state index in [1.165, 1.54) is 5.69 Å². The lowest BCUT2D eigenvalue weighted by Gasteiger charge is -1.92. The summed E-state index contributed by atoms with van der Waals surface area (Å²) in [5.74, 6) is 0. The van der Waals surface area contributed by atoms with Gasteiger partial charge in [0.2, 0.25) is 0 Å². The monoisotopic (exact) mass is 121 g/mol. The van der Waals surface area contributed by atoms with E-state index >= 15 is 0 Å². The third kappa shape index (κ3) is 0.784. The summed E-state index contributed by atoms with van der Waals surface area (Å²) in [5, 5.41) is 2.03. The Morgan fingerprint density at radius 2 is 2.00 bits per heavy atom. The van der Waals surface area contributed by atoms with Crippen molar-refractivity contribution in [1.82, 2.24) is 4.57 Å². The van der Waals surface area contributed by atoms with Crippen LogP contribution in [0, 0.1) is 6.92 Å². The van der Waals surface area contributed by atoms with Crippen molar-refractivity contribution >= 4 is 13.2 Å². The predicted molar refractivity (Wildman–Crippen MR) is 40.4 cm³/mol. The van der Waals surface area contributed by atoms with Crippen molar-refractivity contribution in [3.8, 4) is 0 Å². The number of aromatic nitrogens is 1. The SMILES string of the molecule is C=c1cc(C)n(C)c1=C. The molecular weight excluding hydrogens is 110 g/mol. The third-order valence-electron chi connectivity index (χ3n) is 1.69. The first-order valence-electron chi connectivity index (χ1n) is 2.93. The van der Waals surface area contributed by atoms with Gasteiger partial charge in [-0.1, -0.05) is 13.2 Å². The van der Waals surface area contributed by atoms with Gasteiger partial charge in [0.05, 0.1) is 0 Å². The van der Waals surface area contributed by atoms with Gasteiger partial charge in [-0.25, -0.2) is 0 Å². The molecule has 0 amide bonds. The van der Waals surface area contributed by atoms with E-state index in [-0.39, 0.29) is 0 Å². The maximum Gasteiger partial charge on any atom is 0.0400 e. The highest BCUT2D eigenvalue weighted by molar-refractivity contribution is 5.16. The van der Waals surface area contributed by atoms with E-state index < -0.39 is 0 Å². The second kappa shape index (κ2) is 1.76. The molecule has 0 saturated heterocycles. The van der Waals surface area contributed by atoms with E-state index in [1.54, 1.807) is 0 Å². The molecule has 0 radical (unpaired) electrons. The Labute approximate surface area is 54.9 Å². The number of hydrogen-bond donors (Lipinski definition) is 0. The number of rotatable bonds is 0. The summed E-state index contributed by atoms with van der Waals surface area (Å²) in [7, 11) is 1.99. The summed E-state index contributed by atoms with van der Waals surface area (Å²) in [6.45, 7) is 9.70. The molecule has 1 heterocycles. The van der Waals surface area contributed by atoms with E-state index in [1.807, 2.05) is 24.6 Å². The minimum Gasteiger partial charge on any atom is -0.348 e. The molecule has 48 valence electrons. The van der Waals surface area contributed by atoms with Crippen molar-refractivity contribution in [3.63, 3.8) is 0 Å². The quantitative estimate of drug-likeness (QED) is 0.460. The van der Waals surface area contributed by atoms with Gasteiger partial charge in [0.15, 0.2) is 0 Å². The first-order chi connectivity index (χ1) is 4.13. The second-order valence-corrected chi connectivity index (χ2v) is 2.32. The summed E-state index contributed by atoms with van der Waals surface area (Å²) in [6, 6.07) is 2.03. The molecule has 0 aromatic carbocycles. The van der Waals surface area contributed by atoms with Crippen LogP contribution in [-0.4, -0.2) is 4.57 Å². The van der Waals surface area contributed by atoms with E-state index in [9.17, 15) is 0 Å². The fourth-order valence-electron chi connectivity index (χ4n) is 0.861. The smallest absolute Gasteiger partial charge is 0.0400 e. The summed E-state index contributed by atoms with van der Waals surface area (Å²) in [6.07, 6.45) is 0. The maximum atomic E-state index is 3.84. The van der Waals surface area contributed by atoms with Crippen LogP contribution in [-0.2, 0) is 7.05 Å². The van der Waals surface area contributed by atoms with Gasteiger partial charge in [-0.3, -0.25) is 0 Å². The van der Waals surface area contributed by atoms with Crippen molar-refractivity contribution in [2.75, 3.05) is 0 Å². The third-order valence-corrected chi connectivity index (χ3v) is 1.69. The second-order valence-electron chi connectivity index (χ2n) is 2.32. The molecule has 1 nitrogen and oxygen atoms in total. The van der Waals surface area contributed by atoms with Crippen LogP contribution in [0.1, 0.15) is 5.69 Å². The molecule has 1 aromatic heterocycles. The first-order valence-corrected chi connectivity index (χ1v) is 2.93. The topological polar surface area (TPSA) is 4.93 Å². The van der Waals surface area contributed by atoms with Gasteiger partial charge in [-0.15, -0.1) is 0 Å². The van der Waals surface area contributed by atoms with Crippen LogP contribution in [0.2, 0.25) is 0 Å². The highest BCUT2D eigenvalue weighted by atomic mass is 14.9. The van der Waals surface area contributed by atoms with Gasteiger partial charge in [0, 0.05) is 18.1 Å². The van der Waals surface area contributed by atoms with Crippen LogP contribution in [0.4, 0.5) is 0 Å². The molecule has 0 unspecified atom stereocenters. The number of aryl methyl sites for hydroxylation is 1. The van der Waals surface area contributed by atoms with Gasteiger partial charge in [0.1, 0.15) is 0 Å². The molecule has 0 bridgehead atoms. The summed E-state index contributed by atoms with van der Waals surface area (Å²) >= 11 is 0. The van der Waals surface area contributed by atoms with E-state index in [4.69, 9.17) is 0 Å². The zero-order valence-electron chi connectivity index (χ0n) is 5.94. The summed E-state index contributed by atoms with van der Waals surface area (Å²) in [5.41, 5.74) is 1.21. The molecule has 0 aliphatic rings. The Hall–Kier alpha value is -0.980. The van der Waals surface area contributed by atoms with Crippen molar-refractivity contribution in [2.45, 2.75) is 6.92 Å². The van der Waals surface area contributed by atoms with Crippen LogP contribution < -0.4 is 10.6 Å². The molecule has 0 saturated carbocycles. The fourth-order valence-corrected chi connectivity index (χ4v) is 0.861. The Morgan fingerprint density at radius 3 is 2.11 bits per heavy atom. The predicted octanol–water partition coefficient (Wildman–Crippen LogP) is 0.154. The average molecular weight is 121 g/mol. The highest BCUT2D eigenvalue weighted by Crippen LogP contribution is 1.82. The van der Waals surface area contributed by atoms with Crippen LogP contribution in [0.15, 0.2) is 6.07 Å². The summed E-state index contributed by atoms with van der Waals surface area (Å²) in [4.78, 5) is 0. The van der Waals surface area contributed by atoms with E-state index in [2.05, 4.69) is 13.2 Å². The largest absolute Gasteiger partial charge is 0.348 e. The first kappa shape index (κ1) is 6.14. The number of nitrogens with zero attached hydrogens (tertiary/aromatic N) is 1. The molecule has 1 rings (SSSR count). The molecule has 0 fully saturated rings. The van der Waals surface area contributed by atoms with E-state index in [0.29, 0.717) is 0 Å². The Morgan fingerprint density at radius 1 is 1.44 bits per heavy atom. The molecule has 0 aliphatic heterocycles. The molecule has 9 heavy (non-hydrogen) atoms. The Kier molecular flexibility index (Phi) is 1.20. The average Bonchev–Trinajstić information content (AvgIpc) is 1.98. The lowest BCUT2D eigenvalue weighted by molar-refractivity contribution is 0.851. The number of hydrogen-bond acceptors (Lipinski definition) is 0. The molecule has 1 aromatic rings. The fraction of sp³-hybridized carbons (Fsp3) is 0.250. The minimum absolute atomic E-state index is 1.01. The van der Waals surface area contributed by atoms with Gasteiger partial charge < -0.3 is 4.57 Å². The van der Waals surface area contributed by atoms with Crippen molar-refractivity contribution in [1.29, 1.82) is 0 Å². The van der Waals surface area contributed by atoms with Gasteiger partial charge in [-0.2, -0.15) is 0 Å². The van der Waals surface area contributed by atoms with Crippen molar-refractivity contribution < 1.29 is 0 Å². The molecule has 1 heteroatoms. The molecule has 0 aliphatic carbocycles. The summed E-state index contributed by atoms with van der Waals surface area (Å²) < 4.78 is 2.03. The van der Waals surface area contributed by atoms with Crippen LogP contribution in [0.3, 0.4) is 0 Å². The van der Waals surface area contributed by atoms with Crippen molar-refractivity contribution in [3.05, 3.63) is 22.3 Å². The molecular formula is C8H11N. The van der Waals surface area contributed by atoms with Gasteiger partial charge in [-0.05, 0) is 18.2 Å². The Balaban J connectivity index is 3.68. The lowest BCUT2D eigenvalue weighted by atomic mass is 10.4. The normalized spacial score (nSPS) is 10.0. The van der Waals surface area contributed by atoms with Crippen LogP contribution in [0.25, 0.3) is 13.2 Å². The minimum atomic E-state index is 1.01. The Bertz CT molecular complexity index is 306. The lowest BCUT2D eigenvalue weighted by Crippen LogP contribution is -2.24. The zero-order valence-corrected chi connectivity index (χ0v) is 5.94. The maximum absolute atomic E-state index is 3.84. The standard InChI is InChI=1S/C8H11N/c1-6-5-7(2)9(4)8(6)3/h5H,1,3H2,2,4H3. The van der Waals surface area contributed by atoms with Gasteiger partial charge >= 0.3 is 0 Å².